The molecule has 3 aromatic rings. The van der Waals surface area contributed by atoms with E-state index >= 15 is 0 Å². The maximum atomic E-state index is 13.3. The van der Waals surface area contributed by atoms with Gasteiger partial charge >= 0.3 is 0 Å². The third-order valence-electron chi connectivity index (χ3n) is 5.49. The fourth-order valence-electron chi connectivity index (χ4n) is 3.69. The summed E-state index contributed by atoms with van der Waals surface area (Å²) in [5.74, 6) is 0.510. The van der Waals surface area contributed by atoms with Crippen LogP contribution in [0.4, 0.5) is 5.69 Å². The van der Waals surface area contributed by atoms with Crippen molar-refractivity contribution in [3.63, 3.8) is 0 Å². The van der Waals surface area contributed by atoms with Crippen LogP contribution in [-0.2, 0) is 7.05 Å². The van der Waals surface area contributed by atoms with Crippen molar-refractivity contribution < 1.29 is 9.72 Å². The molecule has 29 heavy (non-hydrogen) atoms. The fraction of sp³-hybridized carbons (Fsp3) is 0.333. The predicted molar refractivity (Wildman–Crippen MR) is 109 cm³/mol. The monoisotopic (exact) mass is 393 g/mol. The molecule has 0 radical (unpaired) electrons. The number of aromatic nitrogens is 3. The first-order valence-corrected chi connectivity index (χ1v) is 9.70. The molecular formula is C21H23N5O3. The van der Waals surface area contributed by atoms with Crippen LogP contribution in [-0.4, -0.2) is 43.2 Å². The Labute approximate surface area is 168 Å². The van der Waals surface area contributed by atoms with Gasteiger partial charge in [-0.15, -0.1) is 0 Å². The second-order valence-electron chi connectivity index (χ2n) is 7.58. The molecule has 8 nitrogen and oxygen atoms in total. The van der Waals surface area contributed by atoms with E-state index in [9.17, 15) is 14.9 Å². The SMILES string of the molecule is CC1CCN(C(=O)c2cc(-c3cccn3C)nn2-c2cccc([N+](=O)[O-])c2)CC1. The number of nitrogens with zero attached hydrogens (tertiary/aromatic N) is 5. The molecule has 0 spiro atoms. The topological polar surface area (TPSA) is 86.2 Å². The summed E-state index contributed by atoms with van der Waals surface area (Å²) in [6.07, 6.45) is 3.86. The normalized spacial score (nSPS) is 14.9. The second kappa shape index (κ2) is 7.54. The fourth-order valence-corrected chi connectivity index (χ4v) is 3.69. The van der Waals surface area contributed by atoms with E-state index in [0.717, 1.165) is 18.5 Å². The minimum absolute atomic E-state index is 0.0383. The summed E-state index contributed by atoms with van der Waals surface area (Å²) in [6.45, 7) is 3.61. The lowest BCUT2D eigenvalue weighted by Gasteiger charge is -2.30. The highest BCUT2D eigenvalue weighted by Crippen LogP contribution is 2.26. The van der Waals surface area contributed by atoms with Gasteiger partial charge in [0.15, 0.2) is 0 Å². The third kappa shape index (κ3) is 3.65. The van der Waals surface area contributed by atoms with Gasteiger partial charge in [-0.05, 0) is 43.0 Å². The van der Waals surface area contributed by atoms with Crippen molar-refractivity contribution in [1.29, 1.82) is 0 Å². The number of carbonyl (C=O) groups is 1. The highest BCUT2D eigenvalue weighted by molar-refractivity contribution is 5.94. The summed E-state index contributed by atoms with van der Waals surface area (Å²) in [5.41, 5.74) is 2.39. The number of rotatable bonds is 4. The van der Waals surface area contributed by atoms with Crippen molar-refractivity contribution in [2.75, 3.05) is 13.1 Å². The molecule has 0 aliphatic carbocycles. The Kier molecular flexibility index (Phi) is 4.92. The summed E-state index contributed by atoms with van der Waals surface area (Å²) >= 11 is 0. The van der Waals surface area contributed by atoms with Gasteiger partial charge in [-0.3, -0.25) is 14.9 Å². The van der Waals surface area contributed by atoms with Crippen LogP contribution in [0, 0.1) is 16.0 Å². The van der Waals surface area contributed by atoms with Crippen LogP contribution >= 0.6 is 0 Å². The molecule has 1 aliphatic heterocycles. The standard InChI is InChI=1S/C21H23N5O3/c1-15-8-11-24(12-9-15)21(27)20-14-18(19-7-4-10-23(19)2)22-25(20)16-5-3-6-17(13-16)26(28)29/h3-7,10,13-15H,8-9,11-12H2,1-2H3. The van der Waals surface area contributed by atoms with Gasteiger partial charge in [0.05, 0.1) is 16.3 Å². The Bertz CT molecular complexity index is 1060. The predicted octanol–water partition coefficient (Wildman–Crippen LogP) is 3.66. The summed E-state index contributed by atoms with van der Waals surface area (Å²) in [4.78, 5) is 25.9. The first-order valence-electron chi connectivity index (χ1n) is 9.70. The van der Waals surface area contributed by atoms with E-state index in [1.807, 2.05) is 34.8 Å². The van der Waals surface area contributed by atoms with Crippen molar-refractivity contribution >= 4 is 11.6 Å². The van der Waals surface area contributed by atoms with E-state index in [4.69, 9.17) is 0 Å². The number of hydrogen-bond acceptors (Lipinski definition) is 4. The van der Waals surface area contributed by atoms with Gasteiger partial charge in [0.2, 0.25) is 0 Å². The van der Waals surface area contributed by atoms with Gasteiger partial charge in [0, 0.05) is 38.5 Å². The third-order valence-corrected chi connectivity index (χ3v) is 5.49. The van der Waals surface area contributed by atoms with Crippen molar-refractivity contribution in [2.24, 2.45) is 13.0 Å². The molecule has 0 unspecified atom stereocenters. The Morgan fingerprint density at radius 2 is 1.93 bits per heavy atom. The average Bonchev–Trinajstić information content (AvgIpc) is 3.34. The largest absolute Gasteiger partial charge is 0.349 e. The molecule has 1 fully saturated rings. The molecule has 8 heteroatoms. The number of aryl methyl sites for hydroxylation is 1. The molecule has 2 aromatic heterocycles. The van der Waals surface area contributed by atoms with Crippen LogP contribution in [0.25, 0.3) is 17.1 Å². The Balaban J connectivity index is 1.79. The molecule has 1 aliphatic rings. The molecule has 0 saturated carbocycles. The number of carbonyl (C=O) groups excluding carboxylic acids is 1. The zero-order valence-corrected chi connectivity index (χ0v) is 16.5. The van der Waals surface area contributed by atoms with E-state index in [-0.39, 0.29) is 11.6 Å². The lowest BCUT2D eigenvalue weighted by atomic mass is 9.99. The van der Waals surface area contributed by atoms with Crippen LogP contribution < -0.4 is 0 Å². The first-order chi connectivity index (χ1) is 13.9. The summed E-state index contributed by atoms with van der Waals surface area (Å²) in [5, 5.41) is 15.9. The molecule has 0 N–H and O–H groups in total. The van der Waals surface area contributed by atoms with Crippen molar-refractivity contribution in [3.05, 3.63) is 64.5 Å². The molecule has 1 amide bonds. The number of likely N-dealkylation sites (tertiary alicyclic amines) is 1. The minimum Gasteiger partial charge on any atom is -0.349 e. The first kappa shape index (κ1) is 18.9. The summed E-state index contributed by atoms with van der Waals surface area (Å²) in [6, 6.07) is 11.8. The van der Waals surface area contributed by atoms with Crippen LogP contribution in [0.1, 0.15) is 30.3 Å². The van der Waals surface area contributed by atoms with Crippen molar-refractivity contribution in [1.82, 2.24) is 19.2 Å². The maximum absolute atomic E-state index is 13.3. The van der Waals surface area contributed by atoms with Gasteiger partial charge in [-0.1, -0.05) is 13.0 Å². The van der Waals surface area contributed by atoms with Crippen molar-refractivity contribution in [3.8, 4) is 17.1 Å². The molecule has 4 rings (SSSR count). The molecule has 3 heterocycles. The smallest absolute Gasteiger partial charge is 0.272 e. The second-order valence-corrected chi connectivity index (χ2v) is 7.58. The molecule has 150 valence electrons. The molecule has 0 bridgehead atoms. The van der Waals surface area contributed by atoms with Gasteiger partial charge in [-0.25, -0.2) is 4.68 Å². The van der Waals surface area contributed by atoms with Crippen LogP contribution in [0.2, 0.25) is 0 Å². The number of non-ortho nitro benzene ring substituents is 1. The summed E-state index contributed by atoms with van der Waals surface area (Å²) in [7, 11) is 1.91. The van der Waals surface area contributed by atoms with Crippen LogP contribution in [0.3, 0.4) is 0 Å². The molecule has 1 saturated heterocycles. The Hall–Kier alpha value is -3.42. The summed E-state index contributed by atoms with van der Waals surface area (Å²) < 4.78 is 3.45. The number of nitro groups is 1. The van der Waals surface area contributed by atoms with E-state index in [1.165, 1.54) is 16.8 Å². The van der Waals surface area contributed by atoms with Crippen LogP contribution in [0.15, 0.2) is 48.7 Å². The average molecular weight is 393 g/mol. The highest BCUT2D eigenvalue weighted by atomic mass is 16.6. The minimum atomic E-state index is -0.446. The number of amides is 1. The quantitative estimate of drug-likeness (QED) is 0.500. The van der Waals surface area contributed by atoms with Gasteiger partial charge in [0.1, 0.15) is 11.4 Å². The highest BCUT2D eigenvalue weighted by Gasteiger charge is 2.26. The zero-order chi connectivity index (χ0) is 20.5. The van der Waals surface area contributed by atoms with Gasteiger partial charge in [-0.2, -0.15) is 5.10 Å². The molecular weight excluding hydrogens is 370 g/mol. The number of benzene rings is 1. The molecule has 0 atom stereocenters. The van der Waals surface area contributed by atoms with E-state index in [1.54, 1.807) is 18.2 Å². The van der Waals surface area contributed by atoms with E-state index in [0.29, 0.717) is 36.1 Å². The van der Waals surface area contributed by atoms with E-state index in [2.05, 4.69) is 12.0 Å². The lowest BCUT2D eigenvalue weighted by molar-refractivity contribution is -0.384. The van der Waals surface area contributed by atoms with E-state index < -0.39 is 4.92 Å². The number of hydrogen-bond donors (Lipinski definition) is 0. The maximum Gasteiger partial charge on any atom is 0.272 e. The van der Waals surface area contributed by atoms with Crippen molar-refractivity contribution in [2.45, 2.75) is 19.8 Å². The zero-order valence-electron chi connectivity index (χ0n) is 16.5. The Morgan fingerprint density at radius 1 is 1.17 bits per heavy atom. The molecule has 1 aromatic carbocycles. The van der Waals surface area contributed by atoms with Gasteiger partial charge < -0.3 is 9.47 Å². The van der Waals surface area contributed by atoms with Crippen LogP contribution in [0.5, 0.6) is 0 Å². The number of piperidine rings is 1. The lowest BCUT2D eigenvalue weighted by Crippen LogP contribution is -2.38. The van der Waals surface area contributed by atoms with Gasteiger partial charge in [0.25, 0.3) is 11.6 Å². The number of nitro benzene ring substituents is 1. The Morgan fingerprint density at radius 3 is 2.59 bits per heavy atom.